The van der Waals surface area contributed by atoms with Crippen molar-refractivity contribution >= 4 is 34.0 Å². The second kappa shape index (κ2) is 8.75. The summed E-state index contributed by atoms with van der Waals surface area (Å²) < 4.78 is 16.1. The van der Waals surface area contributed by atoms with E-state index in [9.17, 15) is 4.79 Å². The number of hydrogen-bond acceptors (Lipinski definition) is 6. The third kappa shape index (κ3) is 4.90. The van der Waals surface area contributed by atoms with Crippen LogP contribution in [-0.4, -0.2) is 31.7 Å². The molecule has 1 amide bonds. The number of halogens is 1. The van der Waals surface area contributed by atoms with Crippen LogP contribution in [0.15, 0.2) is 47.8 Å². The Hall–Kier alpha value is -2.77. The summed E-state index contributed by atoms with van der Waals surface area (Å²) in [7, 11) is 3.19. The fraction of sp³-hybridized carbons (Fsp3) is 0.158. The second-order valence-electron chi connectivity index (χ2n) is 5.39. The van der Waals surface area contributed by atoms with Crippen LogP contribution in [0.4, 0.5) is 5.13 Å². The maximum atomic E-state index is 12.1. The summed E-state index contributed by atoms with van der Waals surface area (Å²) in [6.07, 6.45) is 0. The van der Waals surface area contributed by atoms with E-state index >= 15 is 0 Å². The first kappa shape index (κ1) is 19.0. The van der Waals surface area contributed by atoms with Crippen LogP contribution in [0.25, 0.3) is 11.3 Å². The number of anilines is 1. The van der Waals surface area contributed by atoms with Gasteiger partial charge in [0.2, 0.25) is 0 Å². The van der Waals surface area contributed by atoms with Gasteiger partial charge in [0.05, 0.1) is 19.9 Å². The SMILES string of the molecule is COc1ccc(OC)c(-c2csc(NC(=O)COc3ccc(Cl)cc3)n2)c1. The van der Waals surface area contributed by atoms with Crippen molar-refractivity contribution < 1.29 is 19.0 Å². The number of ether oxygens (including phenoxy) is 3. The van der Waals surface area contributed by atoms with Gasteiger partial charge in [-0.1, -0.05) is 11.6 Å². The smallest absolute Gasteiger partial charge is 0.264 e. The van der Waals surface area contributed by atoms with Gasteiger partial charge in [-0.2, -0.15) is 0 Å². The number of aromatic nitrogens is 1. The summed E-state index contributed by atoms with van der Waals surface area (Å²) >= 11 is 7.13. The molecule has 6 nitrogen and oxygen atoms in total. The fourth-order valence-electron chi connectivity index (χ4n) is 2.30. The van der Waals surface area contributed by atoms with E-state index in [0.717, 1.165) is 5.56 Å². The predicted molar refractivity (Wildman–Crippen MR) is 106 cm³/mol. The van der Waals surface area contributed by atoms with Crippen molar-refractivity contribution in [3.05, 3.63) is 52.9 Å². The maximum absolute atomic E-state index is 12.1. The summed E-state index contributed by atoms with van der Waals surface area (Å²) in [5.74, 6) is 1.63. The maximum Gasteiger partial charge on any atom is 0.264 e. The molecule has 2 aromatic carbocycles. The Labute approximate surface area is 165 Å². The number of nitrogens with one attached hydrogen (secondary N) is 1. The van der Waals surface area contributed by atoms with Gasteiger partial charge in [-0.05, 0) is 42.5 Å². The number of hydrogen-bond donors (Lipinski definition) is 1. The molecule has 27 heavy (non-hydrogen) atoms. The van der Waals surface area contributed by atoms with Crippen molar-refractivity contribution in [3.63, 3.8) is 0 Å². The summed E-state index contributed by atoms with van der Waals surface area (Å²) in [6.45, 7) is -0.126. The molecule has 1 aromatic heterocycles. The first-order valence-corrected chi connectivity index (χ1v) is 9.21. The number of amides is 1. The molecule has 0 atom stereocenters. The summed E-state index contributed by atoms with van der Waals surface area (Å²) in [4.78, 5) is 16.5. The van der Waals surface area contributed by atoms with Crippen molar-refractivity contribution in [2.45, 2.75) is 0 Å². The van der Waals surface area contributed by atoms with E-state index in [1.54, 1.807) is 38.5 Å². The molecule has 1 N–H and O–H groups in total. The van der Waals surface area contributed by atoms with Gasteiger partial charge in [0.1, 0.15) is 17.2 Å². The van der Waals surface area contributed by atoms with Gasteiger partial charge in [-0.15, -0.1) is 11.3 Å². The quantitative estimate of drug-likeness (QED) is 0.628. The number of carbonyl (C=O) groups excluding carboxylic acids is 1. The molecule has 0 fully saturated rings. The molecule has 0 spiro atoms. The first-order valence-electron chi connectivity index (χ1n) is 7.95. The van der Waals surface area contributed by atoms with Crippen molar-refractivity contribution in [1.82, 2.24) is 4.98 Å². The number of rotatable bonds is 7. The van der Waals surface area contributed by atoms with Crippen LogP contribution in [-0.2, 0) is 4.79 Å². The number of carbonyl (C=O) groups is 1. The Morgan fingerprint density at radius 3 is 2.56 bits per heavy atom. The third-order valence-corrected chi connectivity index (χ3v) is 4.63. The molecule has 0 aliphatic rings. The standard InChI is InChI=1S/C19H17ClN2O4S/c1-24-14-7-8-17(25-2)15(9-14)16-11-27-19(21-16)22-18(23)10-26-13-5-3-12(20)4-6-13/h3-9,11H,10H2,1-2H3,(H,21,22,23). The van der Waals surface area contributed by atoms with Crippen LogP contribution >= 0.6 is 22.9 Å². The Morgan fingerprint density at radius 2 is 1.85 bits per heavy atom. The average molecular weight is 405 g/mol. The zero-order valence-electron chi connectivity index (χ0n) is 14.7. The lowest BCUT2D eigenvalue weighted by Crippen LogP contribution is -2.20. The molecule has 140 valence electrons. The van der Waals surface area contributed by atoms with E-state index in [4.69, 9.17) is 25.8 Å². The Bertz CT molecular complexity index is 928. The predicted octanol–water partition coefficient (Wildman–Crippen LogP) is 4.50. The molecule has 0 saturated carbocycles. The van der Waals surface area contributed by atoms with Crippen molar-refractivity contribution in [1.29, 1.82) is 0 Å². The van der Waals surface area contributed by atoms with E-state index in [1.165, 1.54) is 11.3 Å². The Morgan fingerprint density at radius 1 is 1.11 bits per heavy atom. The molecule has 0 saturated heterocycles. The van der Waals surface area contributed by atoms with Gasteiger partial charge < -0.3 is 14.2 Å². The molecular weight excluding hydrogens is 388 g/mol. The van der Waals surface area contributed by atoms with Crippen LogP contribution in [0, 0.1) is 0 Å². The van der Waals surface area contributed by atoms with Crippen LogP contribution in [0.1, 0.15) is 0 Å². The van der Waals surface area contributed by atoms with E-state index in [-0.39, 0.29) is 12.5 Å². The molecule has 0 aliphatic heterocycles. The zero-order chi connectivity index (χ0) is 19.2. The molecule has 0 unspecified atom stereocenters. The minimum atomic E-state index is -0.302. The fourth-order valence-corrected chi connectivity index (χ4v) is 3.16. The average Bonchev–Trinajstić information content (AvgIpc) is 3.15. The van der Waals surface area contributed by atoms with Crippen LogP contribution in [0.2, 0.25) is 5.02 Å². The molecule has 0 radical (unpaired) electrons. The van der Waals surface area contributed by atoms with Crippen LogP contribution < -0.4 is 19.5 Å². The molecule has 3 rings (SSSR count). The Kier molecular flexibility index (Phi) is 6.16. The highest BCUT2D eigenvalue weighted by Gasteiger charge is 2.13. The summed E-state index contributed by atoms with van der Waals surface area (Å²) in [6, 6.07) is 12.3. The van der Waals surface area contributed by atoms with E-state index in [0.29, 0.717) is 33.1 Å². The highest BCUT2D eigenvalue weighted by Crippen LogP contribution is 2.35. The number of nitrogens with zero attached hydrogens (tertiary/aromatic N) is 1. The minimum absolute atomic E-state index is 0.126. The molecule has 3 aromatic rings. The lowest BCUT2D eigenvalue weighted by atomic mass is 10.1. The third-order valence-electron chi connectivity index (χ3n) is 3.62. The zero-order valence-corrected chi connectivity index (χ0v) is 16.3. The van der Waals surface area contributed by atoms with Gasteiger partial charge in [-0.3, -0.25) is 10.1 Å². The number of thiazole rings is 1. The molecule has 0 bridgehead atoms. The van der Waals surface area contributed by atoms with E-state index in [2.05, 4.69) is 10.3 Å². The monoisotopic (exact) mass is 404 g/mol. The Balaban J connectivity index is 1.65. The van der Waals surface area contributed by atoms with Gasteiger partial charge >= 0.3 is 0 Å². The first-order chi connectivity index (χ1) is 13.1. The van der Waals surface area contributed by atoms with Gasteiger partial charge in [-0.25, -0.2) is 4.98 Å². The minimum Gasteiger partial charge on any atom is -0.497 e. The lowest BCUT2D eigenvalue weighted by molar-refractivity contribution is -0.118. The van der Waals surface area contributed by atoms with Crippen LogP contribution in [0.5, 0.6) is 17.2 Å². The van der Waals surface area contributed by atoms with Gasteiger partial charge in [0, 0.05) is 16.0 Å². The lowest BCUT2D eigenvalue weighted by Gasteiger charge is -2.08. The van der Waals surface area contributed by atoms with Gasteiger partial charge in [0.15, 0.2) is 11.7 Å². The molecule has 0 aliphatic carbocycles. The van der Waals surface area contributed by atoms with Crippen molar-refractivity contribution in [3.8, 4) is 28.5 Å². The number of methoxy groups -OCH3 is 2. The molecule has 8 heteroatoms. The van der Waals surface area contributed by atoms with E-state index in [1.807, 2.05) is 23.6 Å². The van der Waals surface area contributed by atoms with Gasteiger partial charge in [0.25, 0.3) is 5.91 Å². The second-order valence-corrected chi connectivity index (χ2v) is 6.69. The molecular formula is C19H17ClN2O4S. The highest BCUT2D eigenvalue weighted by molar-refractivity contribution is 7.14. The largest absolute Gasteiger partial charge is 0.497 e. The molecule has 1 heterocycles. The topological polar surface area (TPSA) is 69.7 Å². The normalized spacial score (nSPS) is 10.3. The highest BCUT2D eigenvalue weighted by atomic mass is 35.5. The number of benzene rings is 2. The van der Waals surface area contributed by atoms with Crippen molar-refractivity contribution in [2.24, 2.45) is 0 Å². The summed E-state index contributed by atoms with van der Waals surface area (Å²) in [5, 5.41) is 5.64. The van der Waals surface area contributed by atoms with Crippen LogP contribution in [0.3, 0.4) is 0 Å². The van der Waals surface area contributed by atoms with E-state index < -0.39 is 0 Å². The summed E-state index contributed by atoms with van der Waals surface area (Å²) in [5.41, 5.74) is 1.47. The van der Waals surface area contributed by atoms with Crippen molar-refractivity contribution in [2.75, 3.05) is 26.1 Å².